The van der Waals surface area contributed by atoms with Gasteiger partial charge in [0.1, 0.15) is 6.33 Å². The van der Waals surface area contributed by atoms with Crippen LogP contribution in [0.3, 0.4) is 0 Å². The van der Waals surface area contributed by atoms with Gasteiger partial charge in [0.25, 0.3) is 0 Å². The highest BCUT2D eigenvalue weighted by Crippen LogP contribution is 2.31. The molecule has 0 spiro atoms. The van der Waals surface area contributed by atoms with E-state index in [0.29, 0.717) is 0 Å². The Morgan fingerprint density at radius 3 is 3.11 bits per heavy atom. The maximum atomic E-state index is 6.21. The van der Waals surface area contributed by atoms with Gasteiger partial charge in [0.05, 0.1) is 6.54 Å². The van der Waals surface area contributed by atoms with Gasteiger partial charge < -0.3 is 14.9 Å². The molecule has 0 amide bonds. The van der Waals surface area contributed by atoms with Crippen molar-refractivity contribution in [2.75, 3.05) is 0 Å². The summed E-state index contributed by atoms with van der Waals surface area (Å²) in [4.78, 5) is 0. The van der Waals surface area contributed by atoms with Crippen molar-refractivity contribution >= 4 is 0 Å². The van der Waals surface area contributed by atoms with Crippen molar-refractivity contribution in [3.8, 4) is 0 Å². The van der Waals surface area contributed by atoms with E-state index in [1.54, 1.807) is 6.33 Å². The lowest BCUT2D eigenvalue weighted by molar-refractivity contribution is 0.538. The number of hydrogen-bond acceptors (Lipinski definition) is 3. The first-order valence-electron chi connectivity index (χ1n) is 7.02. The van der Waals surface area contributed by atoms with E-state index >= 15 is 0 Å². The molecule has 2 aromatic heterocycles. The number of rotatable bonds is 3. The van der Waals surface area contributed by atoms with E-state index in [1.165, 1.54) is 23.4 Å². The molecule has 2 heterocycles. The van der Waals surface area contributed by atoms with Gasteiger partial charge in [-0.05, 0) is 44.7 Å². The van der Waals surface area contributed by atoms with E-state index in [9.17, 15) is 0 Å². The zero-order chi connectivity index (χ0) is 13.4. The third kappa shape index (κ3) is 2.08. The van der Waals surface area contributed by atoms with Gasteiger partial charge in [0.2, 0.25) is 0 Å². The lowest BCUT2D eigenvalue weighted by Gasteiger charge is -2.21. The quantitative estimate of drug-likeness (QED) is 0.914. The SMILES string of the molecule is CCn1cnnc1Cn1c(C)cc2c1CCCC2N. The molecule has 0 radical (unpaired) electrons. The van der Waals surface area contributed by atoms with Crippen molar-refractivity contribution in [2.24, 2.45) is 5.73 Å². The van der Waals surface area contributed by atoms with E-state index < -0.39 is 0 Å². The number of nitrogens with zero attached hydrogens (tertiary/aromatic N) is 4. The van der Waals surface area contributed by atoms with E-state index in [1.807, 2.05) is 0 Å². The molecule has 0 bridgehead atoms. The number of aromatic nitrogens is 4. The molecular weight excluding hydrogens is 238 g/mol. The molecule has 1 unspecified atom stereocenters. The Morgan fingerprint density at radius 2 is 2.32 bits per heavy atom. The van der Waals surface area contributed by atoms with Crippen LogP contribution >= 0.6 is 0 Å². The zero-order valence-electron chi connectivity index (χ0n) is 11.6. The fraction of sp³-hybridized carbons (Fsp3) is 0.571. The van der Waals surface area contributed by atoms with Crippen LogP contribution in [0.2, 0.25) is 0 Å². The molecule has 0 fully saturated rings. The first-order valence-corrected chi connectivity index (χ1v) is 7.02. The molecule has 5 nitrogen and oxygen atoms in total. The fourth-order valence-corrected chi connectivity index (χ4v) is 3.03. The summed E-state index contributed by atoms with van der Waals surface area (Å²) in [5.74, 6) is 1.02. The van der Waals surface area contributed by atoms with Crippen LogP contribution in [0.1, 0.15) is 48.6 Å². The molecule has 1 aliphatic rings. The third-order valence-corrected chi connectivity index (χ3v) is 4.11. The van der Waals surface area contributed by atoms with Crippen molar-refractivity contribution in [3.63, 3.8) is 0 Å². The molecule has 0 saturated heterocycles. The smallest absolute Gasteiger partial charge is 0.152 e. The fourth-order valence-electron chi connectivity index (χ4n) is 3.03. The zero-order valence-corrected chi connectivity index (χ0v) is 11.6. The summed E-state index contributed by atoms with van der Waals surface area (Å²) in [6, 6.07) is 2.44. The number of hydrogen-bond donors (Lipinski definition) is 1. The summed E-state index contributed by atoms with van der Waals surface area (Å²) in [7, 11) is 0. The van der Waals surface area contributed by atoms with Gasteiger partial charge >= 0.3 is 0 Å². The maximum absolute atomic E-state index is 6.21. The van der Waals surface area contributed by atoms with Crippen molar-refractivity contribution in [1.82, 2.24) is 19.3 Å². The molecule has 5 heteroatoms. The van der Waals surface area contributed by atoms with E-state index in [-0.39, 0.29) is 6.04 Å². The van der Waals surface area contributed by atoms with Crippen LogP contribution in [0.4, 0.5) is 0 Å². The minimum absolute atomic E-state index is 0.202. The van der Waals surface area contributed by atoms with Crippen molar-refractivity contribution in [3.05, 3.63) is 35.2 Å². The molecule has 0 aliphatic heterocycles. The summed E-state index contributed by atoms with van der Waals surface area (Å²) < 4.78 is 4.44. The van der Waals surface area contributed by atoms with Crippen LogP contribution in [0.5, 0.6) is 0 Å². The summed E-state index contributed by atoms with van der Waals surface area (Å²) in [5, 5.41) is 8.24. The summed E-state index contributed by atoms with van der Waals surface area (Å²) in [5.41, 5.74) is 10.2. The van der Waals surface area contributed by atoms with E-state index in [4.69, 9.17) is 5.73 Å². The second-order valence-electron chi connectivity index (χ2n) is 5.31. The molecule has 1 aliphatic carbocycles. The third-order valence-electron chi connectivity index (χ3n) is 4.11. The highest BCUT2D eigenvalue weighted by atomic mass is 15.3. The van der Waals surface area contributed by atoms with Gasteiger partial charge in [-0.1, -0.05) is 0 Å². The minimum atomic E-state index is 0.202. The molecule has 0 saturated carbocycles. The topological polar surface area (TPSA) is 61.7 Å². The Balaban J connectivity index is 1.97. The number of fused-ring (bicyclic) bond motifs is 1. The number of aryl methyl sites for hydroxylation is 2. The Hall–Kier alpha value is -1.62. The van der Waals surface area contributed by atoms with Crippen molar-refractivity contribution in [2.45, 2.75) is 52.2 Å². The largest absolute Gasteiger partial charge is 0.341 e. The highest BCUT2D eigenvalue weighted by molar-refractivity contribution is 5.33. The predicted molar refractivity (Wildman–Crippen MR) is 73.8 cm³/mol. The van der Waals surface area contributed by atoms with Crippen LogP contribution in [-0.2, 0) is 19.5 Å². The lowest BCUT2D eigenvalue weighted by atomic mass is 9.93. The second-order valence-corrected chi connectivity index (χ2v) is 5.31. The number of nitrogens with two attached hydrogens (primary N) is 1. The molecular formula is C14H21N5. The van der Waals surface area contributed by atoms with Gasteiger partial charge in [-0.25, -0.2) is 0 Å². The first kappa shape index (κ1) is 12.4. The molecule has 2 N–H and O–H groups in total. The molecule has 1 atom stereocenters. The van der Waals surface area contributed by atoms with Gasteiger partial charge in [-0.15, -0.1) is 10.2 Å². The van der Waals surface area contributed by atoms with Crippen LogP contribution < -0.4 is 5.73 Å². The molecule has 3 rings (SSSR count). The average molecular weight is 259 g/mol. The standard InChI is InChI=1S/C14H21N5/c1-3-18-9-16-17-14(18)8-19-10(2)7-11-12(15)5-4-6-13(11)19/h7,9,12H,3-6,8,15H2,1-2H3. The van der Waals surface area contributed by atoms with Gasteiger partial charge in [0.15, 0.2) is 5.82 Å². The summed E-state index contributed by atoms with van der Waals surface area (Å²) in [6.45, 7) is 5.96. The Labute approximate surface area is 113 Å². The molecule has 19 heavy (non-hydrogen) atoms. The summed E-state index contributed by atoms with van der Waals surface area (Å²) in [6.07, 6.45) is 5.20. The molecule has 102 valence electrons. The van der Waals surface area contributed by atoms with Gasteiger partial charge in [0, 0.05) is 24.0 Å². The molecule has 0 aromatic carbocycles. The second kappa shape index (κ2) is 4.81. The minimum Gasteiger partial charge on any atom is -0.341 e. The normalized spacial score (nSPS) is 18.6. The Kier molecular flexibility index (Phi) is 3.14. The van der Waals surface area contributed by atoms with Crippen molar-refractivity contribution < 1.29 is 0 Å². The maximum Gasteiger partial charge on any atom is 0.152 e. The predicted octanol–water partition coefficient (Wildman–Crippen LogP) is 1.79. The Bertz CT molecular complexity index is 581. The van der Waals surface area contributed by atoms with Crippen LogP contribution in [0.25, 0.3) is 0 Å². The highest BCUT2D eigenvalue weighted by Gasteiger charge is 2.22. The van der Waals surface area contributed by atoms with Crippen molar-refractivity contribution in [1.29, 1.82) is 0 Å². The Morgan fingerprint density at radius 1 is 1.47 bits per heavy atom. The van der Waals surface area contributed by atoms with Crippen LogP contribution in [-0.4, -0.2) is 19.3 Å². The van der Waals surface area contributed by atoms with Gasteiger partial charge in [-0.3, -0.25) is 0 Å². The van der Waals surface area contributed by atoms with Gasteiger partial charge in [-0.2, -0.15) is 0 Å². The monoisotopic (exact) mass is 259 g/mol. The van der Waals surface area contributed by atoms with E-state index in [0.717, 1.165) is 31.8 Å². The molecule has 2 aromatic rings. The summed E-state index contributed by atoms with van der Waals surface area (Å²) >= 11 is 0. The lowest BCUT2D eigenvalue weighted by Crippen LogP contribution is -2.19. The van der Waals surface area contributed by atoms with E-state index in [2.05, 4.69) is 39.2 Å². The van der Waals surface area contributed by atoms with Crippen LogP contribution in [0.15, 0.2) is 12.4 Å². The van der Waals surface area contributed by atoms with Crippen LogP contribution in [0, 0.1) is 6.92 Å². The first-order chi connectivity index (χ1) is 9.20. The average Bonchev–Trinajstić information content (AvgIpc) is 2.97.